The largest absolute Gasteiger partial charge is 0.369 e. The van der Waals surface area contributed by atoms with Crippen LogP contribution in [0.1, 0.15) is 5.82 Å². The maximum atomic E-state index is 13.1. The zero-order valence-corrected chi connectivity index (χ0v) is 9.35. The van der Waals surface area contributed by atoms with Crippen molar-refractivity contribution in [1.29, 1.82) is 0 Å². The van der Waals surface area contributed by atoms with Gasteiger partial charge in [-0.1, -0.05) is 12.1 Å². The summed E-state index contributed by atoms with van der Waals surface area (Å²) in [5.74, 6) is -0.189. The second-order valence-electron chi connectivity index (χ2n) is 3.81. The summed E-state index contributed by atoms with van der Waals surface area (Å²) in [6.45, 7) is 0. The van der Waals surface area contributed by atoms with Crippen molar-refractivity contribution in [2.45, 2.75) is 6.42 Å². The van der Waals surface area contributed by atoms with Crippen molar-refractivity contribution < 1.29 is 9.18 Å². The molecule has 0 aliphatic heterocycles. The molecule has 0 unspecified atom stereocenters. The molecule has 2 N–H and O–H groups in total. The molecule has 0 atom stereocenters. The Morgan fingerprint density at radius 1 is 1.53 bits per heavy atom. The number of hydrogen-bond donors (Lipinski definition) is 1. The number of carbonyl (C=O) groups is 1. The third kappa shape index (κ3) is 2.50. The second kappa shape index (κ2) is 4.37. The van der Waals surface area contributed by atoms with Crippen LogP contribution in [0.3, 0.4) is 0 Å². The van der Waals surface area contributed by atoms with Crippen molar-refractivity contribution in [3.8, 4) is 11.3 Å². The molecule has 88 valence electrons. The van der Waals surface area contributed by atoms with E-state index < -0.39 is 5.91 Å². The molecule has 2 rings (SSSR count). The van der Waals surface area contributed by atoms with Gasteiger partial charge < -0.3 is 10.3 Å². The van der Waals surface area contributed by atoms with Gasteiger partial charge in [-0.2, -0.15) is 0 Å². The topological polar surface area (TPSA) is 60.9 Å². The lowest BCUT2D eigenvalue weighted by Gasteiger charge is -1.95. The SMILES string of the molecule is Cn1cc(-c2cccc(F)c2)nc1CC(N)=O. The van der Waals surface area contributed by atoms with Crippen LogP contribution in [0, 0.1) is 5.82 Å². The number of nitrogens with zero attached hydrogens (tertiary/aromatic N) is 2. The van der Waals surface area contributed by atoms with Gasteiger partial charge in [0.05, 0.1) is 12.1 Å². The number of aryl methyl sites for hydroxylation is 1. The molecule has 0 aliphatic rings. The normalized spacial score (nSPS) is 10.5. The number of halogens is 1. The van der Waals surface area contributed by atoms with Crippen molar-refractivity contribution in [2.24, 2.45) is 12.8 Å². The van der Waals surface area contributed by atoms with E-state index in [4.69, 9.17) is 5.73 Å². The molecule has 5 heteroatoms. The van der Waals surface area contributed by atoms with Gasteiger partial charge in [-0.25, -0.2) is 9.37 Å². The average molecular weight is 233 g/mol. The fourth-order valence-corrected chi connectivity index (χ4v) is 1.61. The number of aromatic nitrogens is 2. The van der Waals surface area contributed by atoms with Gasteiger partial charge in [0, 0.05) is 18.8 Å². The number of amides is 1. The van der Waals surface area contributed by atoms with Gasteiger partial charge >= 0.3 is 0 Å². The predicted octanol–water partition coefficient (Wildman–Crippen LogP) is 1.25. The van der Waals surface area contributed by atoms with Crippen molar-refractivity contribution in [2.75, 3.05) is 0 Å². The van der Waals surface area contributed by atoms with E-state index in [1.165, 1.54) is 12.1 Å². The van der Waals surface area contributed by atoms with E-state index >= 15 is 0 Å². The van der Waals surface area contributed by atoms with Gasteiger partial charge in [0.1, 0.15) is 11.6 Å². The molecule has 0 fully saturated rings. The number of primary amides is 1. The lowest BCUT2D eigenvalue weighted by atomic mass is 10.2. The van der Waals surface area contributed by atoms with Crippen LogP contribution in [-0.2, 0) is 18.3 Å². The highest BCUT2D eigenvalue weighted by Crippen LogP contribution is 2.19. The van der Waals surface area contributed by atoms with Crippen LogP contribution < -0.4 is 5.73 Å². The minimum atomic E-state index is -0.440. The summed E-state index contributed by atoms with van der Waals surface area (Å²) >= 11 is 0. The zero-order valence-electron chi connectivity index (χ0n) is 9.35. The van der Waals surface area contributed by atoms with E-state index in [9.17, 15) is 9.18 Å². The van der Waals surface area contributed by atoms with Crippen LogP contribution >= 0.6 is 0 Å². The number of nitrogens with two attached hydrogens (primary N) is 1. The number of rotatable bonds is 3. The number of hydrogen-bond acceptors (Lipinski definition) is 2. The highest BCUT2D eigenvalue weighted by atomic mass is 19.1. The Morgan fingerprint density at radius 3 is 2.94 bits per heavy atom. The Hall–Kier alpha value is -2.17. The highest BCUT2D eigenvalue weighted by molar-refractivity contribution is 5.76. The van der Waals surface area contributed by atoms with Crippen LogP contribution in [0.4, 0.5) is 4.39 Å². The first kappa shape index (κ1) is 11.3. The monoisotopic (exact) mass is 233 g/mol. The molecule has 1 aromatic heterocycles. The van der Waals surface area contributed by atoms with Gasteiger partial charge in [0.25, 0.3) is 0 Å². The Balaban J connectivity index is 2.37. The summed E-state index contributed by atoms with van der Waals surface area (Å²) in [4.78, 5) is 15.1. The second-order valence-corrected chi connectivity index (χ2v) is 3.81. The number of benzene rings is 1. The van der Waals surface area contributed by atoms with Crippen LogP contribution in [-0.4, -0.2) is 15.5 Å². The average Bonchev–Trinajstić information content (AvgIpc) is 2.59. The van der Waals surface area contributed by atoms with Gasteiger partial charge in [-0.05, 0) is 12.1 Å². The first-order valence-corrected chi connectivity index (χ1v) is 5.13. The molecule has 4 nitrogen and oxygen atoms in total. The van der Waals surface area contributed by atoms with Crippen molar-refractivity contribution in [1.82, 2.24) is 9.55 Å². The smallest absolute Gasteiger partial charge is 0.225 e. The van der Waals surface area contributed by atoms with Crippen LogP contribution in [0.25, 0.3) is 11.3 Å². The number of carbonyl (C=O) groups excluding carboxylic acids is 1. The summed E-state index contributed by atoms with van der Waals surface area (Å²) in [5.41, 5.74) is 6.42. The van der Waals surface area contributed by atoms with Crippen molar-refractivity contribution >= 4 is 5.91 Å². The lowest BCUT2D eigenvalue weighted by Crippen LogP contribution is -2.16. The molecule has 0 aliphatic carbocycles. The van der Waals surface area contributed by atoms with Gasteiger partial charge in [0.15, 0.2) is 0 Å². The zero-order chi connectivity index (χ0) is 12.4. The fourth-order valence-electron chi connectivity index (χ4n) is 1.61. The quantitative estimate of drug-likeness (QED) is 0.867. The molecular weight excluding hydrogens is 221 g/mol. The molecule has 0 saturated carbocycles. The maximum Gasteiger partial charge on any atom is 0.225 e. The molecular formula is C12H12FN3O. The van der Waals surface area contributed by atoms with E-state index in [0.717, 1.165) is 0 Å². The molecule has 0 saturated heterocycles. The van der Waals surface area contributed by atoms with Crippen LogP contribution in [0.2, 0.25) is 0 Å². The summed E-state index contributed by atoms with van der Waals surface area (Å²) in [6.07, 6.45) is 1.82. The molecule has 0 spiro atoms. The summed E-state index contributed by atoms with van der Waals surface area (Å²) < 4.78 is 14.8. The fraction of sp³-hybridized carbons (Fsp3) is 0.167. The van der Waals surface area contributed by atoms with Crippen LogP contribution in [0.15, 0.2) is 30.5 Å². The Labute approximate surface area is 97.9 Å². The third-order valence-electron chi connectivity index (χ3n) is 2.43. The molecule has 0 radical (unpaired) electrons. The summed E-state index contributed by atoms with van der Waals surface area (Å²) in [5, 5.41) is 0. The molecule has 2 aromatic rings. The predicted molar refractivity (Wildman–Crippen MR) is 61.5 cm³/mol. The standard InChI is InChI=1S/C12H12FN3O/c1-16-7-10(15-12(16)6-11(14)17)8-3-2-4-9(13)5-8/h2-5,7H,6H2,1H3,(H2,14,17). The first-order chi connectivity index (χ1) is 8.06. The van der Waals surface area contributed by atoms with E-state index in [2.05, 4.69) is 4.98 Å². The highest BCUT2D eigenvalue weighted by Gasteiger charge is 2.09. The minimum absolute atomic E-state index is 0.0752. The molecule has 0 bridgehead atoms. The molecule has 1 amide bonds. The van der Waals surface area contributed by atoms with Crippen molar-refractivity contribution in [3.05, 3.63) is 42.1 Å². The Morgan fingerprint density at radius 2 is 2.29 bits per heavy atom. The minimum Gasteiger partial charge on any atom is -0.369 e. The number of imidazole rings is 1. The first-order valence-electron chi connectivity index (χ1n) is 5.13. The lowest BCUT2D eigenvalue weighted by molar-refractivity contribution is -0.117. The maximum absolute atomic E-state index is 13.1. The molecule has 1 heterocycles. The summed E-state index contributed by atoms with van der Waals surface area (Å²) in [7, 11) is 1.77. The third-order valence-corrected chi connectivity index (χ3v) is 2.43. The van der Waals surface area contributed by atoms with Gasteiger partial charge in [-0.3, -0.25) is 4.79 Å². The van der Waals surface area contributed by atoms with Gasteiger partial charge in [0.2, 0.25) is 5.91 Å². The molecule has 17 heavy (non-hydrogen) atoms. The van der Waals surface area contributed by atoms with E-state index in [-0.39, 0.29) is 12.2 Å². The summed E-state index contributed by atoms with van der Waals surface area (Å²) in [6, 6.07) is 6.15. The van der Waals surface area contributed by atoms with E-state index in [1.807, 2.05) is 0 Å². The van der Waals surface area contributed by atoms with Gasteiger partial charge in [-0.15, -0.1) is 0 Å². The van der Waals surface area contributed by atoms with E-state index in [0.29, 0.717) is 17.1 Å². The van der Waals surface area contributed by atoms with E-state index in [1.54, 1.807) is 29.9 Å². The Kier molecular flexibility index (Phi) is 2.91. The molecule has 1 aromatic carbocycles. The van der Waals surface area contributed by atoms with Crippen LogP contribution in [0.5, 0.6) is 0 Å². The Bertz CT molecular complexity index is 563. The van der Waals surface area contributed by atoms with Crippen molar-refractivity contribution in [3.63, 3.8) is 0 Å².